The number of fused-ring (bicyclic) bond motifs is 1. The summed E-state index contributed by atoms with van der Waals surface area (Å²) >= 11 is 0. The summed E-state index contributed by atoms with van der Waals surface area (Å²) < 4.78 is 15.4. The molecular weight excluding hydrogens is 241 g/mol. The summed E-state index contributed by atoms with van der Waals surface area (Å²) in [6.07, 6.45) is 3.62. The minimum Gasteiger partial charge on any atom is -0.369 e. The molecule has 3 rings (SSSR count). The van der Waals surface area contributed by atoms with Crippen LogP contribution in [0.3, 0.4) is 0 Å². The second kappa shape index (κ2) is 4.51. The number of hydrogen-bond acceptors (Lipinski definition) is 2. The van der Waals surface area contributed by atoms with E-state index in [9.17, 15) is 4.39 Å². The summed E-state index contributed by atoms with van der Waals surface area (Å²) in [6.45, 7) is 4.58. The summed E-state index contributed by atoms with van der Waals surface area (Å²) in [6, 6.07) is 5.11. The first-order valence-corrected chi connectivity index (χ1v) is 7.01. The molecule has 1 aromatic carbocycles. The molecule has 0 spiro atoms. The van der Waals surface area contributed by atoms with Gasteiger partial charge in [-0.15, -0.1) is 0 Å². The van der Waals surface area contributed by atoms with Crippen molar-refractivity contribution in [2.75, 3.05) is 5.73 Å². The van der Waals surface area contributed by atoms with Crippen LogP contribution >= 0.6 is 0 Å². The van der Waals surface area contributed by atoms with Crippen LogP contribution in [-0.4, -0.2) is 9.55 Å². The van der Waals surface area contributed by atoms with E-state index in [4.69, 9.17) is 5.73 Å². The Morgan fingerprint density at radius 3 is 2.89 bits per heavy atom. The topological polar surface area (TPSA) is 43.8 Å². The Bertz CT molecular complexity index is 605. The first kappa shape index (κ1) is 12.5. The fourth-order valence-electron chi connectivity index (χ4n) is 3.36. The van der Waals surface area contributed by atoms with E-state index in [0.29, 0.717) is 29.3 Å². The Hall–Kier alpha value is -1.58. The Balaban J connectivity index is 2.11. The van der Waals surface area contributed by atoms with E-state index in [0.717, 1.165) is 11.9 Å². The van der Waals surface area contributed by atoms with Gasteiger partial charge in [-0.3, -0.25) is 0 Å². The molecule has 0 radical (unpaired) electrons. The van der Waals surface area contributed by atoms with E-state index in [1.165, 1.54) is 25.0 Å². The van der Waals surface area contributed by atoms with Crippen LogP contribution in [0.5, 0.6) is 0 Å². The molecule has 2 N–H and O–H groups in total. The number of anilines is 1. The minimum absolute atomic E-state index is 0.262. The van der Waals surface area contributed by atoms with Crippen LogP contribution in [0.15, 0.2) is 18.2 Å². The smallest absolute Gasteiger partial charge is 0.201 e. The predicted octanol–water partition coefficient (Wildman–Crippen LogP) is 3.75. The molecule has 0 saturated heterocycles. The lowest BCUT2D eigenvalue weighted by molar-refractivity contribution is 0.191. The van der Waals surface area contributed by atoms with E-state index >= 15 is 0 Å². The lowest BCUT2D eigenvalue weighted by Crippen LogP contribution is -2.27. The summed E-state index contributed by atoms with van der Waals surface area (Å²) in [7, 11) is 0. The molecule has 4 heteroatoms. The van der Waals surface area contributed by atoms with Gasteiger partial charge >= 0.3 is 0 Å². The van der Waals surface area contributed by atoms with Crippen molar-refractivity contribution in [2.45, 2.75) is 39.2 Å². The average molecular weight is 261 g/mol. The van der Waals surface area contributed by atoms with Crippen molar-refractivity contribution in [3.05, 3.63) is 24.0 Å². The molecule has 0 bridgehead atoms. The monoisotopic (exact) mass is 261 g/mol. The largest absolute Gasteiger partial charge is 0.369 e. The molecule has 1 aliphatic rings. The molecule has 1 aromatic heterocycles. The molecule has 1 aliphatic carbocycles. The SMILES string of the molecule is CC1CCCC(n2c(N)nc3cc(F)ccc32)C1C. The maximum atomic E-state index is 13.3. The Labute approximate surface area is 112 Å². The quantitative estimate of drug-likeness (QED) is 0.849. The van der Waals surface area contributed by atoms with Crippen molar-refractivity contribution in [3.63, 3.8) is 0 Å². The normalized spacial score (nSPS) is 27.8. The summed E-state index contributed by atoms with van der Waals surface area (Å²) in [5.74, 6) is 1.50. The van der Waals surface area contributed by atoms with Crippen molar-refractivity contribution < 1.29 is 4.39 Å². The van der Waals surface area contributed by atoms with Gasteiger partial charge in [-0.25, -0.2) is 9.37 Å². The lowest BCUT2D eigenvalue weighted by atomic mass is 9.78. The lowest BCUT2D eigenvalue weighted by Gasteiger charge is -2.35. The predicted molar refractivity (Wildman–Crippen MR) is 75.3 cm³/mol. The highest BCUT2D eigenvalue weighted by Crippen LogP contribution is 2.40. The molecule has 19 heavy (non-hydrogen) atoms. The fraction of sp³-hybridized carbons (Fsp3) is 0.533. The van der Waals surface area contributed by atoms with Gasteiger partial charge in [-0.2, -0.15) is 0 Å². The van der Waals surface area contributed by atoms with Gasteiger partial charge in [0.05, 0.1) is 11.0 Å². The Morgan fingerprint density at radius 1 is 1.32 bits per heavy atom. The summed E-state index contributed by atoms with van der Waals surface area (Å²) in [5, 5.41) is 0. The van der Waals surface area contributed by atoms with Crippen LogP contribution in [0.1, 0.15) is 39.2 Å². The molecule has 3 unspecified atom stereocenters. The zero-order valence-corrected chi connectivity index (χ0v) is 11.4. The number of benzene rings is 1. The van der Waals surface area contributed by atoms with Gasteiger partial charge < -0.3 is 10.3 Å². The molecule has 3 nitrogen and oxygen atoms in total. The Kier molecular flexibility index (Phi) is 2.96. The van der Waals surface area contributed by atoms with Crippen molar-refractivity contribution in [3.8, 4) is 0 Å². The third kappa shape index (κ3) is 1.99. The number of imidazole rings is 1. The number of nitrogens with two attached hydrogens (primary N) is 1. The maximum absolute atomic E-state index is 13.3. The highest BCUT2D eigenvalue weighted by Gasteiger charge is 2.30. The number of nitrogens with zero attached hydrogens (tertiary/aromatic N) is 2. The molecule has 102 valence electrons. The number of hydrogen-bond donors (Lipinski definition) is 1. The average Bonchev–Trinajstić information content (AvgIpc) is 2.68. The van der Waals surface area contributed by atoms with Gasteiger partial charge in [0.2, 0.25) is 5.95 Å². The molecule has 0 aliphatic heterocycles. The highest BCUT2D eigenvalue weighted by molar-refractivity contribution is 5.78. The Morgan fingerprint density at radius 2 is 2.11 bits per heavy atom. The molecule has 1 saturated carbocycles. The van der Waals surface area contributed by atoms with Gasteiger partial charge in [0.15, 0.2) is 0 Å². The van der Waals surface area contributed by atoms with Crippen LogP contribution in [0.2, 0.25) is 0 Å². The van der Waals surface area contributed by atoms with Gasteiger partial charge in [0.1, 0.15) is 5.82 Å². The third-order valence-electron chi connectivity index (χ3n) is 4.67. The highest BCUT2D eigenvalue weighted by atomic mass is 19.1. The van der Waals surface area contributed by atoms with Gasteiger partial charge in [-0.05, 0) is 30.4 Å². The van der Waals surface area contributed by atoms with Crippen LogP contribution < -0.4 is 5.73 Å². The second-order valence-electron chi connectivity index (χ2n) is 5.81. The van der Waals surface area contributed by atoms with E-state index in [2.05, 4.69) is 23.4 Å². The van der Waals surface area contributed by atoms with Crippen LogP contribution in [0, 0.1) is 17.7 Å². The van der Waals surface area contributed by atoms with Crippen LogP contribution in [0.25, 0.3) is 11.0 Å². The van der Waals surface area contributed by atoms with E-state index in [1.807, 2.05) is 0 Å². The molecule has 3 atom stereocenters. The van der Waals surface area contributed by atoms with E-state index in [1.54, 1.807) is 6.07 Å². The molecular formula is C15H20FN3. The van der Waals surface area contributed by atoms with Gasteiger partial charge in [0, 0.05) is 12.1 Å². The molecule has 2 aromatic rings. The zero-order valence-electron chi connectivity index (χ0n) is 11.4. The third-order valence-corrected chi connectivity index (χ3v) is 4.67. The number of rotatable bonds is 1. The number of halogens is 1. The summed E-state index contributed by atoms with van der Waals surface area (Å²) in [5.41, 5.74) is 7.68. The zero-order chi connectivity index (χ0) is 13.6. The van der Waals surface area contributed by atoms with Crippen molar-refractivity contribution in [1.82, 2.24) is 9.55 Å². The van der Waals surface area contributed by atoms with Crippen molar-refractivity contribution >= 4 is 17.0 Å². The number of aromatic nitrogens is 2. The molecule has 1 fully saturated rings. The van der Waals surface area contributed by atoms with Crippen LogP contribution in [0.4, 0.5) is 10.3 Å². The second-order valence-corrected chi connectivity index (χ2v) is 5.81. The summed E-state index contributed by atoms with van der Waals surface area (Å²) in [4.78, 5) is 4.31. The van der Waals surface area contributed by atoms with Gasteiger partial charge in [-0.1, -0.05) is 26.7 Å². The number of nitrogen functional groups attached to an aromatic ring is 1. The molecule has 1 heterocycles. The van der Waals surface area contributed by atoms with Crippen molar-refractivity contribution in [2.24, 2.45) is 11.8 Å². The van der Waals surface area contributed by atoms with Crippen LogP contribution in [-0.2, 0) is 0 Å². The van der Waals surface area contributed by atoms with E-state index in [-0.39, 0.29) is 5.82 Å². The maximum Gasteiger partial charge on any atom is 0.201 e. The first-order valence-electron chi connectivity index (χ1n) is 7.01. The van der Waals surface area contributed by atoms with Crippen molar-refractivity contribution in [1.29, 1.82) is 0 Å². The minimum atomic E-state index is -0.262. The van der Waals surface area contributed by atoms with Gasteiger partial charge in [0.25, 0.3) is 0 Å². The van der Waals surface area contributed by atoms with E-state index < -0.39 is 0 Å². The molecule has 0 amide bonds. The first-order chi connectivity index (χ1) is 9.08. The standard InChI is InChI=1S/C15H20FN3/c1-9-4-3-5-13(10(9)2)19-14-7-6-11(16)8-12(14)18-15(19)17/h6-10,13H,3-5H2,1-2H3,(H2,17,18). The fourth-order valence-corrected chi connectivity index (χ4v) is 3.36.